The number of anilines is 1. The summed E-state index contributed by atoms with van der Waals surface area (Å²) in [6, 6.07) is 15.0. The molecule has 0 saturated heterocycles. The van der Waals surface area contributed by atoms with Gasteiger partial charge in [-0.15, -0.1) is 0 Å². The van der Waals surface area contributed by atoms with Crippen LogP contribution in [0.25, 0.3) is 0 Å². The van der Waals surface area contributed by atoms with Crippen LogP contribution in [0.15, 0.2) is 53.0 Å². The Morgan fingerprint density at radius 3 is 2.04 bits per heavy atom. The van der Waals surface area contributed by atoms with Gasteiger partial charge in [0.2, 0.25) is 0 Å². The highest BCUT2D eigenvalue weighted by molar-refractivity contribution is 9.10. The van der Waals surface area contributed by atoms with Crippen LogP contribution in [0.3, 0.4) is 0 Å². The second-order valence-electron chi connectivity index (χ2n) is 5.20. The summed E-state index contributed by atoms with van der Waals surface area (Å²) in [5, 5.41) is 3.29. The van der Waals surface area contributed by atoms with E-state index in [1.807, 2.05) is 48.5 Å². The molecule has 0 amide bonds. The van der Waals surface area contributed by atoms with Gasteiger partial charge in [-0.25, -0.2) is 0 Å². The molecule has 0 aliphatic carbocycles. The maximum Gasteiger partial charge on any atom is 0.357 e. The van der Waals surface area contributed by atoms with Crippen molar-refractivity contribution >= 4 is 29.2 Å². The van der Waals surface area contributed by atoms with Crippen LogP contribution in [-0.4, -0.2) is 20.3 Å². The summed E-state index contributed by atoms with van der Waals surface area (Å²) in [6.45, 7) is 4.21. The Bertz CT molecular complexity index is 696. The molecule has 1 atom stereocenters. The van der Waals surface area contributed by atoms with Crippen molar-refractivity contribution in [3.8, 4) is 5.75 Å². The maximum atomic E-state index is 13.4. The average Bonchev–Trinajstić information content (AvgIpc) is 2.61. The Hall–Kier alpha value is -1.33. The first-order valence-electron chi connectivity index (χ1n) is 8.07. The van der Waals surface area contributed by atoms with Crippen LogP contribution in [0, 0.1) is 0 Å². The highest BCUT2D eigenvalue weighted by Crippen LogP contribution is 2.60. The van der Waals surface area contributed by atoms with Gasteiger partial charge in [0.25, 0.3) is 0 Å². The summed E-state index contributed by atoms with van der Waals surface area (Å²) in [7, 11) is -1.79. The molecule has 5 nitrogen and oxygen atoms in total. The van der Waals surface area contributed by atoms with E-state index in [0.29, 0.717) is 13.2 Å². The molecular formula is C18H23BrNO4P. The number of rotatable bonds is 9. The summed E-state index contributed by atoms with van der Waals surface area (Å²) >= 11 is 3.42. The van der Waals surface area contributed by atoms with Crippen molar-refractivity contribution in [2.24, 2.45) is 0 Å². The normalized spacial score (nSPS) is 12.6. The monoisotopic (exact) mass is 427 g/mol. The van der Waals surface area contributed by atoms with E-state index in [4.69, 9.17) is 13.8 Å². The molecule has 0 unspecified atom stereocenters. The Kier molecular flexibility index (Phi) is 7.51. The van der Waals surface area contributed by atoms with Gasteiger partial charge in [-0.1, -0.05) is 28.1 Å². The highest BCUT2D eigenvalue weighted by atomic mass is 79.9. The number of methoxy groups -OCH3 is 1. The summed E-state index contributed by atoms with van der Waals surface area (Å²) in [6.07, 6.45) is 0. The molecule has 1 N–H and O–H groups in total. The SMILES string of the molecule is CCOP(=O)(OCC)[C@@H](Nc1ccc(OC)cc1)c1ccc(Br)cc1. The standard InChI is InChI=1S/C18H23BrNO4P/c1-4-23-25(21,24-5-2)18(14-6-8-15(19)9-7-14)20-16-10-12-17(22-3)13-11-16/h6-13,18,20H,4-5H2,1-3H3/t18-/m1/s1. The van der Waals surface area contributed by atoms with Crippen molar-refractivity contribution in [3.63, 3.8) is 0 Å². The molecule has 7 heteroatoms. The smallest absolute Gasteiger partial charge is 0.357 e. The van der Waals surface area contributed by atoms with Gasteiger partial charge in [0.1, 0.15) is 5.75 Å². The molecule has 2 rings (SSSR count). The minimum Gasteiger partial charge on any atom is -0.497 e. The lowest BCUT2D eigenvalue weighted by molar-refractivity contribution is 0.214. The number of ether oxygens (including phenoxy) is 1. The molecule has 0 fully saturated rings. The van der Waals surface area contributed by atoms with Gasteiger partial charge in [0.15, 0.2) is 5.78 Å². The fourth-order valence-electron chi connectivity index (χ4n) is 2.38. The minimum atomic E-state index is -3.41. The number of hydrogen-bond donors (Lipinski definition) is 1. The Morgan fingerprint density at radius 1 is 1.00 bits per heavy atom. The molecule has 0 bridgehead atoms. The van der Waals surface area contributed by atoms with Gasteiger partial charge >= 0.3 is 7.60 Å². The van der Waals surface area contributed by atoms with Crippen molar-refractivity contribution in [2.75, 3.05) is 25.6 Å². The van der Waals surface area contributed by atoms with E-state index < -0.39 is 13.4 Å². The first kappa shape index (κ1) is 20.0. The number of benzene rings is 2. The van der Waals surface area contributed by atoms with Crippen LogP contribution in [0.5, 0.6) is 5.75 Å². The molecule has 2 aromatic rings. The molecule has 136 valence electrons. The van der Waals surface area contributed by atoms with Gasteiger partial charge in [-0.2, -0.15) is 0 Å². The third-order valence-electron chi connectivity index (χ3n) is 3.51. The predicted octanol–water partition coefficient (Wildman–Crippen LogP) is 5.83. The van der Waals surface area contributed by atoms with E-state index in [2.05, 4.69) is 21.2 Å². The molecule has 0 saturated carbocycles. The third-order valence-corrected chi connectivity index (χ3v) is 6.34. The zero-order valence-electron chi connectivity index (χ0n) is 14.6. The highest BCUT2D eigenvalue weighted by Gasteiger charge is 2.37. The molecule has 0 aromatic heterocycles. The number of hydrogen-bond acceptors (Lipinski definition) is 5. The molecule has 0 aliphatic heterocycles. The molecule has 0 aliphatic rings. The molecule has 2 aromatic carbocycles. The van der Waals surface area contributed by atoms with E-state index in [1.165, 1.54) is 0 Å². The van der Waals surface area contributed by atoms with Crippen LogP contribution in [0.1, 0.15) is 25.2 Å². The molecular weight excluding hydrogens is 405 g/mol. The fourth-order valence-corrected chi connectivity index (χ4v) is 4.58. The van der Waals surface area contributed by atoms with Gasteiger partial charge in [-0.05, 0) is 55.8 Å². The van der Waals surface area contributed by atoms with Crippen molar-refractivity contribution in [1.82, 2.24) is 0 Å². The first-order chi connectivity index (χ1) is 12.0. The summed E-state index contributed by atoms with van der Waals surface area (Å²) in [5.74, 6) is 0.137. The lowest BCUT2D eigenvalue weighted by atomic mass is 10.2. The zero-order valence-corrected chi connectivity index (χ0v) is 17.0. The van der Waals surface area contributed by atoms with E-state index in [1.54, 1.807) is 21.0 Å². The quantitative estimate of drug-likeness (QED) is 0.509. The third kappa shape index (κ3) is 5.32. The Morgan fingerprint density at radius 2 is 1.56 bits per heavy atom. The maximum absolute atomic E-state index is 13.4. The summed E-state index contributed by atoms with van der Waals surface area (Å²) in [5.41, 5.74) is 1.62. The number of halogens is 1. The van der Waals surface area contributed by atoms with Gasteiger partial charge in [0, 0.05) is 10.2 Å². The van der Waals surface area contributed by atoms with E-state index in [9.17, 15) is 4.57 Å². The van der Waals surface area contributed by atoms with Crippen LogP contribution >= 0.6 is 23.5 Å². The van der Waals surface area contributed by atoms with Crippen molar-refractivity contribution < 1.29 is 18.3 Å². The second-order valence-corrected chi connectivity index (χ2v) is 8.23. The largest absolute Gasteiger partial charge is 0.497 e. The van der Waals surface area contributed by atoms with E-state index in [-0.39, 0.29) is 0 Å². The average molecular weight is 428 g/mol. The van der Waals surface area contributed by atoms with Crippen molar-refractivity contribution in [1.29, 1.82) is 0 Å². The van der Waals surface area contributed by atoms with Gasteiger partial charge in [0.05, 0.1) is 20.3 Å². The van der Waals surface area contributed by atoms with E-state index in [0.717, 1.165) is 21.5 Å². The predicted molar refractivity (Wildman–Crippen MR) is 104 cm³/mol. The van der Waals surface area contributed by atoms with Gasteiger partial charge in [-0.3, -0.25) is 4.57 Å². The molecule has 0 spiro atoms. The second kappa shape index (κ2) is 9.39. The Labute approximate surface area is 157 Å². The minimum absolute atomic E-state index is 0.300. The zero-order chi connectivity index (χ0) is 18.3. The summed E-state index contributed by atoms with van der Waals surface area (Å²) < 4.78 is 30.6. The summed E-state index contributed by atoms with van der Waals surface area (Å²) in [4.78, 5) is 0. The number of nitrogens with one attached hydrogen (secondary N) is 1. The lowest BCUT2D eigenvalue weighted by Gasteiger charge is -2.28. The molecule has 25 heavy (non-hydrogen) atoms. The lowest BCUT2D eigenvalue weighted by Crippen LogP contribution is -2.15. The van der Waals surface area contributed by atoms with Crippen LogP contribution in [0.4, 0.5) is 5.69 Å². The molecule has 0 radical (unpaired) electrons. The van der Waals surface area contributed by atoms with Gasteiger partial charge < -0.3 is 19.1 Å². The fraction of sp³-hybridized carbons (Fsp3) is 0.333. The van der Waals surface area contributed by atoms with E-state index >= 15 is 0 Å². The van der Waals surface area contributed by atoms with Crippen LogP contribution < -0.4 is 10.1 Å². The first-order valence-corrected chi connectivity index (χ1v) is 10.5. The van der Waals surface area contributed by atoms with Crippen LogP contribution in [-0.2, 0) is 13.6 Å². The van der Waals surface area contributed by atoms with Crippen molar-refractivity contribution in [3.05, 3.63) is 58.6 Å². The molecule has 0 heterocycles. The van der Waals surface area contributed by atoms with Crippen LogP contribution in [0.2, 0.25) is 0 Å². The van der Waals surface area contributed by atoms with Crippen molar-refractivity contribution in [2.45, 2.75) is 19.6 Å². The topological polar surface area (TPSA) is 56.8 Å². The Balaban J connectivity index is 2.39.